The molecule has 2 aromatic rings. The molecule has 2 atom stereocenters. The third-order valence-corrected chi connectivity index (χ3v) is 6.31. The number of carbonyl (C=O) groups excluding carboxylic acids is 1. The van der Waals surface area contributed by atoms with Gasteiger partial charge in [-0.3, -0.25) is 9.52 Å². The molecule has 4 N–H and O–H groups in total. The second-order valence-corrected chi connectivity index (χ2v) is 8.79. The first kappa shape index (κ1) is 22.2. The zero-order chi connectivity index (χ0) is 19.4. The average molecular weight is 424 g/mol. The molecule has 0 unspecified atom stereocenters. The summed E-state index contributed by atoms with van der Waals surface area (Å²) in [5, 5.41) is 2.85. The van der Waals surface area contributed by atoms with Gasteiger partial charge in [0.1, 0.15) is 0 Å². The van der Waals surface area contributed by atoms with Gasteiger partial charge in [0, 0.05) is 23.8 Å². The number of nitrogens with one attached hydrogen (secondary N) is 2. The van der Waals surface area contributed by atoms with Crippen molar-refractivity contribution in [3.05, 3.63) is 54.1 Å². The van der Waals surface area contributed by atoms with E-state index < -0.39 is 10.0 Å². The van der Waals surface area contributed by atoms with E-state index in [1.54, 1.807) is 48.5 Å². The SMILES string of the molecule is Cc1ccc(S(=O)(=O)Nc2ccc(NC(=O)C[C@@H]3CCC[C@H]3N)cc2)cc1.Cl. The highest BCUT2D eigenvalue weighted by molar-refractivity contribution is 7.92. The van der Waals surface area contributed by atoms with Crippen molar-refractivity contribution in [2.45, 2.75) is 43.5 Å². The lowest BCUT2D eigenvalue weighted by Crippen LogP contribution is -2.28. The summed E-state index contributed by atoms with van der Waals surface area (Å²) in [5.41, 5.74) is 8.07. The Bertz CT molecular complexity index is 899. The van der Waals surface area contributed by atoms with E-state index in [1.807, 2.05) is 6.92 Å². The van der Waals surface area contributed by atoms with E-state index in [2.05, 4.69) is 10.0 Å². The first-order chi connectivity index (χ1) is 12.8. The Labute approximate surface area is 172 Å². The minimum absolute atomic E-state index is 0. The lowest BCUT2D eigenvalue weighted by Gasteiger charge is -2.15. The van der Waals surface area contributed by atoms with E-state index in [-0.39, 0.29) is 35.2 Å². The minimum atomic E-state index is -3.64. The van der Waals surface area contributed by atoms with Crippen molar-refractivity contribution in [1.29, 1.82) is 0 Å². The van der Waals surface area contributed by atoms with Gasteiger partial charge in [-0.05, 0) is 62.1 Å². The van der Waals surface area contributed by atoms with Crippen molar-refractivity contribution in [3.8, 4) is 0 Å². The Hall–Kier alpha value is -2.09. The van der Waals surface area contributed by atoms with Crippen LogP contribution in [0.25, 0.3) is 0 Å². The maximum absolute atomic E-state index is 12.4. The van der Waals surface area contributed by atoms with Gasteiger partial charge in [-0.15, -0.1) is 12.4 Å². The van der Waals surface area contributed by atoms with E-state index in [1.165, 1.54) is 0 Å². The molecule has 1 fully saturated rings. The maximum atomic E-state index is 12.4. The lowest BCUT2D eigenvalue weighted by atomic mass is 10.00. The van der Waals surface area contributed by atoms with Crippen LogP contribution in [0.5, 0.6) is 0 Å². The van der Waals surface area contributed by atoms with E-state index in [9.17, 15) is 13.2 Å². The number of sulfonamides is 1. The second-order valence-electron chi connectivity index (χ2n) is 7.10. The second kappa shape index (κ2) is 9.41. The maximum Gasteiger partial charge on any atom is 0.261 e. The molecule has 28 heavy (non-hydrogen) atoms. The van der Waals surface area contributed by atoms with Crippen molar-refractivity contribution in [2.24, 2.45) is 11.7 Å². The Morgan fingerprint density at radius 2 is 1.64 bits per heavy atom. The number of benzene rings is 2. The van der Waals surface area contributed by atoms with Crippen LogP contribution in [0, 0.1) is 12.8 Å². The fourth-order valence-corrected chi connectivity index (χ4v) is 4.38. The molecule has 1 amide bonds. The number of hydrogen-bond acceptors (Lipinski definition) is 4. The number of aryl methyl sites for hydroxylation is 1. The van der Waals surface area contributed by atoms with Crippen LogP contribution in [0.1, 0.15) is 31.2 Å². The molecule has 1 aliphatic carbocycles. The Morgan fingerprint density at radius 3 is 2.21 bits per heavy atom. The summed E-state index contributed by atoms with van der Waals surface area (Å²) in [6.45, 7) is 1.90. The van der Waals surface area contributed by atoms with E-state index in [0.717, 1.165) is 24.8 Å². The quantitative estimate of drug-likeness (QED) is 0.659. The summed E-state index contributed by atoms with van der Waals surface area (Å²) in [4.78, 5) is 12.4. The van der Waals surface area contributed by atoms with Crippen molar-refractivity contribution >= 4 is 39.7 Å². The van der Waals surface area contributed by atoms with Gasteiger partial charge in [-0.2, -0.15) is 0 Å². The van der Waals surface area contributed by atoms with E-state index >= 15 is 0 Å². The van der Waals surface area contributed by atoms with Gasteiger partial charge in [-0.25, -0.2) is 8.42 Å². The first-order valence-electron chi connectivity index (χ1n) is 9.08. The Morgan fingerprint density at radius 1 is 1.04 bits per heavy atom. The van der Waals surface area contributed by atoms with Gasteiger partial charge in [0.2, 0.25) is 5.91 Å². The zero-order valence-electron chi connectivity index (χ0n) is 15.7. The van der Waals surface area contributed by atoms with Crippen molar-refractivity contribution in [1.82, 2.24) is 0 Å². The van der Waals surface area contributed by atoms with Gasteiger partial charge in [-0.1, -0.05) is 24.1 Å². The molecule has 0 aromatic heterocycles. The highest BCUT2D eigenvalue weighted by Gasteiger charge is 2.26. The number of carbonyl (C=O) groups is 1. The molecule has 2 aromatic carbocycles. The van der Waals surface area contributed by atoms with Gasteiger partial charge in [0.05, 0.1) is 4.90 Å². The van der Waals surface area contributed by atoms with Crippen LogP contribution >= 0.6 is 12.4 Å². The fourth-order valence-electron chi connectivity index (χ4n) is 3.32. The molecule has 0 aliphatic heterocycles. The van der Waals surface area contributed by atoms with Crippen LogP contribution < -0.4 is 15.8 Å². The molecule has 152 valence electrons. The monoisotopic (exact) mass is 423 g/mol. The number of halogens is 1. The number of anilines is 2. The lowest BCUT2D eigenvalue weighted by molar-refractivity contribution is -0.117. The van der Waals surface area contributed by atoms with E-state index in [0.29, 0.717) is 17.8 Å². The smallest absolute Gasteiger partial charge is 0.261 e. The van der Waals surface area contributed by atoms with Crippen LogP contribution in [0.2, 0.25) is 0 Å². The molecule has 0 saturated heterocycles. The summed E-state index contributed by atoms with van der Waals surface area (Å²) in [5.74, 6) is 0.177. The molecule has 0 heterocycles. The third kappa shape index (κ3) is 5.70. The topological polar surface area (TPSA) is 101 Å². The molecule has 0 radical (unpaired) electrons. The van der Waals surface area contributed by atoms with Crippen LogP contribution in [0.15, 0.2) is 53.4 Å². The molecule has 0 bridgehead atoms. The average Bonchev–Trinajstić information content (AvgIpc) is 3.01. The molecule has 6 nitrogen and oxygen atoms in total. The normalized spacial score (nSPS) is 18.9. The number of amides is 1. The number of hydrogen-bond donors (Lipinski definition) is 3. The van der Waals surface area contributed by atoms with Crippen LogP contribution in [-0.4, -0.2) is 20.4 Å². The third-order valence-electron chi connectivity index (χ3n) is 4.92. The highest BCUT2D eigenvalue weighted by Crippen LogP contribution is 2.27. The first-order valence-corrected chi connectivity index (χ1v) is 10.6. The molecule has 8 heteroatoms. The molecule has 1 aliphatic rings. The predicted octanol–water partition coefficient (Wildman–Crippen LogP) is 3.67. The summed E-state index contributed by atoms with van der Waals surface area (Å²) < 4.78 is 27.4. The summed E-state index contributed by atoms with van der Waals surface area (Å²) in [6, 6.07) is 13.4. The van der Waals surface area contributed by atoms with Gasteiger partial charge < -0.3 is 11.1 Å². The Balaban J connectivity index is 0.00000280. The largest absolute Gasteiger partial charge is 0.327 e. The predicted molar refractivity (Wildman–Crippen MR) is 114 cm³/mol. The molecule has 1 saturated carbocycles. The van der Waals surface area contributed by atoms with Crippen LogP contribution in [-0.2, 0) is 14.8 Å². The van der Waals surface area contributed by atoms with Crippen LogP contribution in [0.4, 0.5) is 11.4 Å². The van der Waals surface area contributed by atoms with Crippen molar-refractivity contribution in [2.75, 3.05) is 10.0 Å². The summed E-state index contributed by atoms with van der Waals surface area (Å²) in [7, 11) is -3.64. The molecular weight excluding hydrogens is 398 g/mol. The molecule has 0 spiro atoms. The van der Waals surface area contributed by atoms with Gasteiger partial charge in [0.15, 0.2) is 0 Å². The Kier molecular flexibility index (Phi) is 7.46. The summed E-state index contributed by atoms with van der Waals surface area (Å²) in [6.07, 6.45) is 3.47. The standard InChI is InChI=1S/C20H25N3O3S.ClH/c1-14-5-11-18(12-6-14)27(25,26)23-17-9-7-16(8-10-17)22-20(24)13-15-3-2-4-19(15)21;/h5-12,15,19,23H,2-4,13,21H2,1H3,(H,22,24);1H/t15-,19+;/m0./s1. The minimum Gasteiger partial charge on any atom is -0.327 e. The zero-order valence-corrected chi connectivity index (χ0v) is 17.4. The molecular formula is C20H26ClN3O3S. The summed E-state index contributed by atoms with van der Waals surface area (Å²) >= 11 is 0. The van der Waals surface area contributed by atoms with Gasteiger partial charge >= 0.3 is 0 Å². The highest BCUT2D eigenvalue weighted by atomic mass is 35.5. The van der Waals surface area contributed by atoms with E-state index in [4.69, 9.17) is 5.73 Å². The van der Waals surface area contributed by atoms with Crippen molar-refractivity contribution < 1.29 is 13.2 Å². The molecule has 3 rings (SSSR count). The number of rotatable bonds is 6. The van der Waals surface area contributed by atoms with Crippen LogP contribution in [0.3, 0.4) is 0 Å². The van der Waals surface area contributed by atoms with Crippen molar-refractivity contribution in [3.63, 3.8) is 0 Å². The fraction of sp³-hybridized carbons (Fsp3) is 0.350. The number of nitrogens with two attached hydrogens (primary N) is 1. The van der Waals surface area contributed by atoms with Gasteiger partial charge in [0.25, 0.3) is 10.0 Å².